The lowest BCUT2D eigenvalue weighted by Gasteiger charge is -2.34. The van der Waals surface area contributed by atoms with Crippen molar-refractivity contribution in [1.29, 1.82) is 0 Å². The van der Waals surface area contributed by atoms with Crippen LogP contribution < -0.4 is 0 Å². The molecule has 7 heteroatoms. The molecule has 1 aliphatic heterocycles. The molecule has 0 saturated carbocycles. The van der Waals surface area contributed by atoms with Crippen molar-refractivity contribution in [1.82, 2.24) is 9.47 Å². The smallest absolute Gasteiger partial charge is 0.305 e. The molecule has 26 heavy (non-hydrogen) atoms. The topological polar surface area (TPSA) is 71.8 Å². The van der Waals surface area contributed by atoms with Gasteiger partial charge in [0.05, 0.1) is 12.1 Å². The molecule has 6 nitrogen and oxygen atoms in total. The highest BCUT2D eigenvalue weighted by atomic mass is 19.1. The summed E-state index contributed by atoms with van der Waals surface area (Å²) in [7, 11) is 0. The first-order chi connectivity index (χ1) is 12.6. The van der Waals surface area contributed by atoms with Crippen molar-refractivity contribution in [2.45, 2.75) is 25.3 Å². The van der Waals surface area contributed by atoms with E-state index in [0.29, 0.717) is 31.7 Å². The lowest BCUT2D eigenvalue weighted by Crippen LogP contribution is -2.44. The number of aromatic nitrogens is 1. The summed E-state index contributed by atoms with van der Waals surface area (Å²) in [6.07, 6.45) is 4.60. The van der Waals surface area contributed by atoms with Crippen molar-refractivity contribution < 1.29 is 23.8 Å². The first-order valence-corrected chi connectivity index (χ1v) is 8.59. The lowest BCUT2D eigenvalue weighted by molar-refractivity contribution is -0.137. The van der Waals surface area contributed by atoms with E-state index in [2.05, 4.69) is 0 Å². The van der Waals surface area contributed by atoms with Gasteiger partial charge in [0.2, 0.25) is 0 Å². The second kappa shape index (κ2) is 8.14. The highest BCUT2D eigenvalue weighted by Crippen LogP contribution is 2.21. The molecule has 0 spiro atoms. The maximum absolute atomic E-state index is 14.5. The van der Waals surface area contributed by atoms with Gasteiger partial charge in [0.1, 0.15) is 5.82 Å². The number of rotatable bonds is 6. The SMILES string of the molecule is O=C(O)CCN(C(=O)c1ccc(-n2cccc2)c(F)c1)C1CCOCC1. The fourth-order valence-corrected chi connectivity index (χ4v) is 3.17. The molecule has 3 rings (SSSR count). The molecule has 1 aliphatic rings. The number of carboxylic acid groups (broad SMARTS) is 1. The van der Waals surface area contributed by atoms with Crippen LogP contribution in [0.3, 0.4) is 0 Å². The van der Waals surface area contributed by atoms with Gasteiger partial charge in [-0.2, -0.15) is 0 Å². The number of carbonyl (C=O) groups is 2. The van der Waals surface area contributed by atoms with E-state index in [0.717, 1.165) is 0 Å². The Kier molecular flexibility index (Phi) is 5.68. The van der Waals surface area contributed by atoms with Crippen molar-refractivity contribution in [3.8, 4) is 5.69 Å². The molecule has 1 N–H and O–H groups in total. The molecule has 1 fully saturated rings. The maximum atomic E-state index is 14.5. The summed E-state index contributed by atoms with van der Waals surface area (Å²) in [6, 6.07) is 7.83. The number of benzene rings is 1. The Morgan fingerprint density at radius 3 is 2.54 bits per heavy atom. The summed E-state index contributed by atoms with van der Waals surface area (Å²) in [4.78, 5) is 25.4. The molecule has 0 aliphatic carbocycles. The summed E-state index contributed by atoms with van der Waals surface area (Å²) in [5, 5.41) is 8.97. The minimum absolute atomic E-state index is 0.0946. The Balaban J connectivity index is 1.83. The zero-order valence-corrected chi connectivity index (χ0v) is 14.3. The van der Waals surface area contributed by atoms with Crippen LogP contribution in [0.2, 0.25) is 0 Å². The van der Waals surface area contributed by atoms with Gasteiger partial charge in [0.15, 0.2) is 0 Å². The summed E-state index contributed by atoms with van der Waals surface area (Å²) < 4.78 is 21.4. The first-order valence-electron chi connectivity index (χ1n) is 8.59. The zero-order chi connectivity index (χ0) is 18.5. The fraction of sp³-hybridized carbons (Fsp3) is 0.368. The second-order valence-electron chi connectivity index (χ2n) is 6.24. The van der Waals surface area contributed by atoms with Gasteiger partial charge < -0.3 is 19.3 Å². The van der Waals surface area contributed by atoms with Gasteiger partial charge >= 0.3 is 5.97 Å². The van der Waals surface area contributed by atoms with Crippen LogP contribution >= 0.6 is 0 Å². The molecular weight excluding hydrogens is 339 g/mol. The van der Waals surface area contributed by atoms with Crippen LogP contribution in [-0.2, 0) is 9.53 Å². The molecule has 0 unspecified atom stereocenters. The molecule has 1 saturated heterocycles. The first kappa shape index (κ1) is 18.1. The van der Waals surface area contributed by atoms with Crippen LogP contribution in [0.5, 0.6) is 0 Å². The van der Waals surface area contributed by atoms with E-state index in [9.17, 15) is 14.0 Å². The average Bonchev–Trinajstić information content (AvgIpc) is 3.16. The van der Waals surface area contributed by atoms with Gasteiger partial charge in [-0.1, -0.05) is 0 Å². The van der Waals surface area contributed by atoms with Crippen molar-refractivity contribution in [3.05, 3.63) is 54.1 Å². The van der Waals surface area contributed by atoms with Crippen LogP contribution in [-0.4, -0.2) is 52.3 Å². The van der Waals surface area contributed by atoms with E-state index in [1.165, 1.54) is 6.07 Å². The van der Waals surface area contributed by atoms with E-state index < -0.39 is 11.8 Å². The monoisotopic (exact) mass is 360 g/mol. The van der Waals surface area contributed by atoms with Gasteiger partial charge in [-0.3, -0.25) is 9.59 Å². The van der Waals surface area contributed by atoms with Crippen molar-refractivity contribution in [2.24, 2.45) is 0 Å². The minimum Gasteiger partial charge on any atom is -0.481 e. The Labute approximate surface area is 150 Å². The average molecular weight is 360 g/mol. The van der Waals surface area contributed by atoms with Crippen LogP contribution in [0.4, 0.5) is 4.39 Å². The third-order valence-corrected chi connectivity index (χ3v) is 4.54. The molecular formula is C19H21FN2O4. The van der Waals surface area contributed by atoms with E-state index >= 15 is 0 Å². The number of halogens is 1. The summed E-state index contributed by atoms with van der Waals surface area (Å²) in [5.41, 5.74) is 0.574. The van der Waals surface area contributed by atoms with Gasteiger partial charge in [0.25, 0.3) is 5.91 Å². The van der Waals surface area contributed by atoms with Gasteiger partial charge in [-0.05, 0) is 43.2 Å². The van der Waals surface area contributed by atoms with E-state index in [1.807, 2.05) is 0 Å². The van der Waals surface area contributed by atoms with Crippen LogP contribution in [0.15, 0.2) is 42.7 Å². The van der Waals surface area contributed by atoms with E-state index in [-0.39, 0.29) is 30.5 Å². The van der Waals surface area contributed by atoms with Crippen molar-refractivity contribution >= 4 is 11.9 Å². The van der Waals surface area contributed by atoms with E-state index in [1.54, 1.807) is 46.1 Å². The predicted octanol–water partition coefficient (Wildman–Crippen LogP) is 2.71. The van der Waals surface area contributed by atoms with Crippen molar-refractivity contribution in [2.75, 3.05) is 19.8 Å². The van der Waals surface area contributed by atoms with Crippen LogP contribution in [0.1, 0.15) is 29.6 Å². The Morgan fingerprint density at radius 1 is 1.23 bits per heavy atom. The predicted molar refractivity (Wildman–Crippen MR) is 92.9 cm³/mol. The highest BCUT2D eigenvalue weighted by Gasteiger charge is 2.27. The number of hydrogen-bond donors (Lipinski definition) is 1. The molecule has 2 heterocycles. The van der Waals surface area contributed by atoms with Gasteiger partial charge in [-0.15, -0.1) is 0 Å². The third kappa shape index (κ3) is 4.11. The Hall–Kier alpha value is -2.67. The largest absolute Gasteiger partial charge is 0.481 e. The number of nitrogens with zero attached hydrogens (tertiary/aromatic N) is 2. The van der Waals surface area contributed by atoms with Crippen molar-refractivity contribution in [3.63, 3.8) is 0 Å². The number of amides is 1. The number of hydrogen-bond acceptors (Lipinski definition) is 3. The summed E-state index contributed by atoms with van der Waals surface area (Å²) in [5.74, 6) is -1.82. The zero-order valence-electron chi connectivity index (χ0n) is 14.3. The summed E-state index contributed by atoms with van der Waals surface area (Å²) in [6.45, 7) is 1.16. The molecule has 138 valence electrons. The number of carbonyl (C=O) groups excluding carboxylic acids is 1. The van der Waals surface area contributed by atoms with Crippen LogP contribution in [0.25, 0.3) is 5.69 Å². The number of carboxylic acids is 1. The molecule has 2 aromatic rings. The Bertz CT molecular complexity index is 770. The third-order valence-electron chi connectivity index (χ3n) is 4.54. The maximum Gasteiger partial charge on any atom is 0.305 e. The van der Waals surface area contributed by atoms with E-state index in [4.69, 9.17) is 9.84 Å². The number of ether oxygens (including phenoxy) is 1. The highest BCUT2D eigenvalue weighted by molar-refractivity contribution is 5.95. The molecule has 1 aromatic heterocycles. The standard InChI is InChI=1S/C19H21FN2O4/c20-16-13-14(3-4-17(16)21-8-1-2-9-21)19(25)22(10-5-18(23)24)15-6-11-26-12-7-15/h1-4,8-9,13,15H,5-7,10-12H2,(H,23,24). The molecule has 1 aromatic carbocycles. The lowest BCUT2D eigenvalue weighted by atomic mass is 10.0. The van der Waals surface area contributed by atoms with Gasteiger partial charge in [-0.25, -0.2) is 4.39 Å². The quantitative estimate of drug-likeness (QED) is 0.860. The summed E-state index contributed by atoms with van der Waals surface area (Å²) >= 11 is 0. The number of aliphatic carboxylic acids is 1. The molecule has 0 atom stereocenters. The second-order valence-corrected chi connectivity index (χ2v) is 6.24. The molecule has 1 amide bonds. The fourth-order valence-electron chi connectivity index (χ4n) is 3.17. The molecule has 0 radical (unpaired) electrons. The van der Waals surface area contributed by atoms with Gasteiger partial charge in [0, 0.05) is 43.8 Å². The molecule has 0 bridgehead atoms. The normalized spacial score (nSPS) is 15.0. The Morgan fingerprint density at radius 2 is 1.92 bits per heavy atom. The van der Waals surface area contributed by atoms with Crippen LogP contribution in [0, 0.1) is 5.82 Å². The minimum atomic E-state index is -0.969.